The first kappa shape index (κ1) is 36.1. The Balaban J connectivity index is 0.000000198. The van der Waals surface area contributed by atoms with Crippen molar-refractivity contribution in [3.63, 3.8) is 0 Å². The van der Waals surface area contributed by atoms with Crippen LogP contribution < -0.4 is 4.74 Å². The molecule has 0 aliphatic heterocycles. The van der Waals surface area contributed by atoms with Crippen LogP contribution in [0, 0.1) is 0 Å². The molecule has 13 nitrogen and oxygen atoms in total. The molecular weight excluding hydrogens is 676 g/mol. The standard InChI is InChI=1S/C19H19N3O4.C18H16ClN3O3/c1-13(2)19(24)26-11-5-10-25-14-8-9-18(23)17(12-14)22-20-15-6-3-4-7-16(15)21-22;1-11(2)18(24)25-8-7-12-3-6-17(23)16(9-12)22-20-14-5-4-13(19)10-15(14)21-22/h3-4,6-9,12,23H,1,5,10-11H2,2H3;3-6,9-10,23H,1,7-8H2,2H3. The first-order valence-electron chi connectivity index (χ1n) is 15.8. The van der Waals surface area contributed by atoms with Crippen LogP contribution in [0.25, 0.3) is 33.4 Å². The van der Waals surface area contributed by atoms with Gasteiger partial charge in [0.2, 0.25) is 0 Å². The highest BCUT2D eigenvalue weighted by Gasteiger charge is 2.13. The van der Waals surface area contributed by atoms with Crippen LogP contribution >= 0.6 is 11.6 Å². The molecule has 0 bridgehead atoms. The third-order valence-corrected chi connectivity index (χ3v) is 7.39. The SMILES string of the molecule is C=C(C)C(=O)OCCCOc1ccc(O)c(-n2nc3ccccc3n2)c1.C=C(C)C(=O)OCCc1ccc(O)c(-n2nc3ccc(Cl)cc3n2)c1. The smallest absolute Gasteiger partial charge is 0.333 e. The number of aromatic hydroxyl groups is 2. The summed E-state index contributed by atoms with van der Waals surface area (Å²) in [4.78, 5) is 25.4. The fourth-order valence-corrected chi connectivity index (χ4v) is 4.69. The van der Waals surface area contributed by atoms with Crippen LogP contribution in [0.1, 0.15) is 25.8 Å². The molecule has 6 rings (SSSR count). The predicted octanol–water partition coefficient (Wildman–Crippen LogP) is 6.46. The summed E-state index contributed by atoms with van der Waals surface area (Å²) in [6, 6.07) is 22.6. The molecule has 51 heavy (non-hydrogen) atoms. The molecule has 2 aromatic heterocycles. The highest BCUT2D eigenvalue weighted by atomic mass is 35.5. The number of hydrogen-bond acceptors (Lipinski definition) is 11. The molecule has 0 radical (unpaired) electrons. The zero-order chi connectivity index (χ0) is 36.5. The van der Waals surface area contributed by atoms with Crippen LogP contribution in [0.2, 0.25) is 5.02 Å². The quantitative estimate of drug-likeness (QED) is 0.0814. The first-order valence-corrected chi connectivity index (χ1v) is 16.1. The molecule has 262 valence electrons. The number of phenols is 2. The Labute approximate surface area is 297 Å². The van der Waals surface area contributed by atoms with Gasteiger partial charge < -0.3 is 24.4 Å². The molecule has 4 aromatic carbocycles. The minimum absolute atomic E-state index is 0.0491. The van der Waals surface area contributed by atoms with Crippen molar-refractivity contribution in [1.29, 1.82) is 0 Å². The van der Waals surface area contributed by atoms with E-state index in [1.165, 1.54) is 15.7 Å². The number of ether oxygens (including phenoxy) is 3. The van der Waals surface area contributed by atoms with Gasteiger partial charge in [-0.3, -0.25) is 0 Å². The zero-order valence-corrected chi connectivity index (χ0v) is 28.7. The van der Waals surface area contributed by atoms with Crippen molar-refractivity contribution in [2.24, 2.45) is 0 Å². The molecule has 2 heterocycles. The Bertz CT molecular complexity index is 2200. The number of carbonyl (C=O) groups is 2. The second-order valence-electron chi connectivity index (χ2n) is 11.4. The van der Waals surface area contributed by atoms with Gasteiger partial charge in [0.05, 0.1) is 19.8 Å². The van der Waals surface area contributed by atoms with E-state index in [4.69, 9.17) is 25.8 Å². The third kappa shape index (κ3) is 9.49. The highest BCUT2D eigenvalue weighted by molar-refractivity contribution is 6.31. The highest BCUT2D eigenvalue weighted by Crippen LogP contribution is 2.27. The van der Waals surface area contributed by atoms with Gasteiger partial charge in [0.1, 0.15) is 50.7 Å². The predicted molar refractivity (Wildman–Crippen MR) is 191 cm³/mol. The van der Waals surface area contributed by atoms with Crippen molar-refractivity contribution in [1.82, 2.24) is 30.0 Å². The van der Waals surface area contributed by atoms with Crippen molar-refractivity contribution in [2.45, 2.75) is 26.7 Å². The van der Waals surface area contributed by atoms with Crippen LogP contribution in [-0.4, -0.2) is 72.0 Å². The molecule has 14 heteroatoms. The Morgan fingerprint density at radius 2 is 1.24 bits per heavy atom. The molecule has 0 saturated carbocycles. The van der Waals surface area contributed by atoms with Gasteiger partial charge in [-0.1, -0.05) is 43.0 Å². The van der Waals surface area contributed by atoms with Gasteiger partial charge in [0.25, 0.3) is 0 Å². The molecule has 0 atom stereocenters. The molecule has 0 spiro atoms. The van der Waals surface area contributed by atoms with E-state index in [0.29, 0.717) is 63.8 Å². The number of esters is 2. The number of carbonyl (C=O) groups excluding carboxylic acids is 2. The van der Waals surface area contributed by atoms with Crippen LogP contribution in [0.15, 0.2) is 103 Å². The lowest BCUT2D eigenvalue weighted by Crippen LogP contribution is -2.09. The summed E-state index contributed by atoms with van der Waals surface area (Å²) in [5.41, 5.74) is 5.24. The largest absolute Gasteiger partial charge is 0.506 e. The summed E-state index contributed by atoms with van der Waals surface area (Å²) in [5.74, 6) is -0.169. The van der Waals surface area contributed by atoms with Gasteiger partial charge >= 0.3 is 11.9 Å². The van der Waals surface area contributed by atoms with Crippen LogP contribution in [0.4, 0.5) is 0 Å². The number of aromatic nitrogens is 6. The van der Waals surface area contributed by atoms with Crippen LogP contribution in [0.3, 0.4) is 0 Å². The topological polar surface area (TPSA) is 164 Å². The van der Waals surface area contributed by atoms with Crippen molar-refractivity contribution in [3.8, 4) is 28.6 Å². The first-order chi connectivity index (χ1) is 24.5. The number of phenolic OH excluding ortho intramolecular Hbond substituents is 2. The summed E-state index contributed by atoms with van der Waals surface area (Å²) in [6.07, 6.45) is 1.04. The second kappa shape index (κ2) is 16.5. The molecule has 0 aliphatic carbocycles. The Morgan fingerprint density at radius 1 is 0.686 bits per heavy atom. The summed E-state index contributed by atoms with van der Waals surface area (Å²) in [6.45, 7) is 11.1. The molecule has 0 saturated heterocycles. The molecule has 2 N–H and O–H groups in total. The van der Waals surface area contributed by atoms with E-state index < -0.39 is 11.9 Å². The number of halogens is 1. The van der Waals surface area contributed by atoms with E-state index in [0.717, 1.165) is 16.6 Å². The van der Waals surface area contributed by atoms with Crippen molar-refractivity contribution in [3.05, 3.63) is 114 Å². The van der Waals surface area contributed by atoms with Crippen molar-refractivity contribution >= 4 is 45.6 Å². The van der Waals surface area contributed by atoms with Gasteiger partial charge in [-0.2, -0.15) is 0 Å². The normalized spacial score (nSPS) is 10.7. The molecule has 0 aliphatic rings. The lowest BCUT2D eigenvalue weighted by Gasteiger charge is -2.09. The average molecular weight is 711 g/mol. The van der Waals surface area contributed by atoms with E-state index in [9.17, 15) is 19.8 Å². The fraction of sp³-hybridized carbons (Fsp3) is 0.189. The minimum atomic E-state index is -0.420. The van der Waals surface area contributed by atoms with Crippen LogP contribution in [0.5, 0.6) is 17.2 Å². The number of fused-ring (bicyclic) bond motifs is 2. The minimum Gasteiger partial charge on any atom is -0.506 e. The lowest BCUT2D eigenvalue weighted by atomic mass is 10.1. The maximum Gasteiger partial charge on any atom is 0.333 e. The number of benzene rings is 4. The van der Waals surface area contributed by atoms with Crippen LogP contribution in [-0.2, 0) is 25.5 Å². The summed E-state index contributed by atoms with van der Waals surface area (Å²) in [5, 5.41) is 38.2. The summed E-state index contributed by atoms with van der Waals surface area (Å²) >= 11 is 5.96. The number of hydrogen-bond donors (Lipinski definition) is 2. The second-order valence-corrected chi connectivity index (χ2v) is 11.8. The zero-order valence-electron chi connectivity index (χ0n) is 28.0. The summed E-state index contributed by atoms with van der Waals surface area (Å²) in [7, 11) is 0. The lowest BCUT2D eigenvalue weighted by molar-refractivity contribution is -0.139. The van der Waals surface area contributed by atoms with Gasteiger partial charge in [0, 0.05) is 35.1 Å². The van der Waals surface area contributed by atoms with Gasteiger partial charge in [-0.05, 0) is 74.0 Å². The monoisotopic (exact) mass is 710 g/mol. The molecule has 0 amide bonds. The third-order valence-electron chi connectivity index (χ3n) is 7.16. The van der Waals surface area contributed by atoms with E-state index >= 15 is 0 Å². The molecule has 6 aromatic rings. The maximum atomic E-state index is 11.4. The van der Waals surface area contributed by atoms with E-state index in [2.05, 4.69) is 33.6 Å². The van der Waals surface area contributed by atoms with E-state index in [-0.39, 0.29) is 24.7 Å². The molecular formula is C37H35ClN6O7. The number of rotatable bonds is 12. The maximum absolute atomic E-state index is 11.4. The van der Waals surface area contributed by atoms with E-state index in [1.54, 1.807) is 62.4 Å². The Hall–Kier alpha value is -6.21. The fourth-order valence-electron chi connectivity index (χ4n) is 4.52. The van der Waals surface area contributed by atoms with Crippen molar-refractivity contribution in [2.75, 3.05) is 19.8 Å². The summed E-state index contributed by atoms with van der Waals surface area (Å²) < 4.78 is 15.7. The Kier molecular flexibility index (Phi) is 11.6. The number of nitrogens with zero attached hydrogens (tertiary/aromatic N) is 6. The van der Waals surface area contributed by atoms with Gasteiger partial charge in [-0.25, -0.2) is 9.59 Å². The average Bonchev–Trinajstić information content (AvgIpc) is 3.73. The Morgan fingerprint density at radius 3 is 1.86 bits per heavy atom. The van der Waals surface area contributed by atoms with Gasteiger partial charge in [-0.15, -0.1) is 30.0 Å². The van der Waals surface area contributed by atoms with Crippen molar-refractivity contribution < 1.29 is 34.0 Å². The van der Waals surface area contributed by atoms with Gasteiger partial charge in [0.15, 0.2) is 0 Å². The molecule has 0 unspecified atom stereocenters. The molecule has 0 fully saturated rings. The van der Waals surface area contributed by atoms with E-state index in [1.807, 2.05) is 24.3 Å².